The number of nitrogens with two attached hydrogens (primary N) is 1. The minimum Gasteiger partial charge on any atom is -0.459 e. The summed E-state index contributed by atoms with van der Waals surface area (Å²) in [6, 6.07) is 1.22. The molecular weight excluding hydrogens is 296 g/mol. The normalized spacial score (nSPS) is 11.9. The van der Waals surface area contributed by atoms with Gasteiger partial charge in [0.1, 0.15) is 17.2 Å². The molecule has 8 heteroatoms. The first-order valence-corrected chi connectivity index (χ1v) is 8.28. The summed E-state index contributed by atoms with van der Waals surface area (Å²) in [6.45, 7) is 7.28. The number of nitrogens with zero attached hydrogens (tertiary/aromatic N) is 1. The van der Waals surface area contributed by atoms with Gasteiger partial charge in [-0.1, -0.05) is 13.8 Å². The molecule has 0 saturated carbocycles. The summed E-state index contributed by atoms with van der Waals surface area (Å²) in [6.07, 6.45) is 1.32. The first-order valence-electron chi connectivity index (χ1n) is 6.73. The molecule has 0 amide bonds. The number of carbonyl (C=O) groups excluding carboxylic acids is 1. The maximum absolute atomic E-state index is 11.9. The SMILES string of the molecule is CCn1cc(S(N)(=O)=O)cc1C(=O)OCCOCC(C)C. The molecule has 0 radical (unpaired) electrons. The van der Waals surface area contributed by atoms with Crippen LogP contribution in [0.5, 0.6) is 0 Å². The summed E-state index contributed by atoms with van der Waals surface area (Å²) in [7, 11) is -3.84. The van der Waals surface area contributed by atoms with E-state index in [0.29, 0.717) is 25.7 Å². The number of hydrogen-bond acceptors (Lipinski definition) is 5. The fraction of sp³-hybridized carbons (Fsp3) is 0.615. The van der Waals surface area contributed by atoms with Gasteiger partial charge in [-0.3, -0.25) is 0 Å². The Kier molecular flexibility index (Phi) is 6.38. The Balaban J connectivity index is 2.63. The second kappa shape index (κ2) is 7.58. The van der Waals surface area contributed by atoms with Crippen molar-refractivity contribution < 1.29 is 22.7 Å². The van der Waals surface area contributed by atoms with E-state index in [1.54, 1.807) is 6.92 Å². The van der Waals surface area contributed by atoms with Gasteiger partial charge < -0.3 is 14.0 Å². The monoisotopic (exact) mass is 318 g/mol. The van der Waals surface area contributed by atoms with Gasteiger partial charge >= 0.3 is 5.97 Å². The van der Waals surface area contributed by atoms with Crippen molar-refractivity contribution in [2.24, 2.45) is 11.1 Å². The average Bonchev–Trinajstić information content (AvgIpc) is 2.81. The highest BCUT2D eigenvalue weighted by molar-refractivity contribution is 7.89. The molecule has 0 fully saturated rings. The van der Waals surface area contributed by atoms with Crippen LogP contribution in [0.1, 0.15) is 31.3 Å². The quantitative estimate of drug-likeness (QED) is 0.569. The zero-order valence-electron chi connectivity index (χ0n) is 12.5. The Morgan fingerprint density at radius 3 is 2.57 bits per heavy atom. The van der Waals surface area contributed by atoms with E-state index >= 15 is 0 Å². The van der Waals surface area contributed by atoms with Crippen LogP contribution in [-0.2, 0) is 26.0 Å². The lowest BCUT2D eigenvalue weighted by atomic mass is 10.2. The Hall–Kier alpha value is -1.38. The van der Waals surface area contributed by atoms with Crippen molar-refractivity contribution in [3.63, 3.8) is 0 Å². The second-order valence-electron chi connectivity index (χ2n) is 5.00. The zero-order chi connectivity index (χ0) is 16.0. The van der Waals surface area contributed by atoms with E-state index in [0.717, 1.165) is 0 Å². The van der Waals surface area contributed by atoms with Crippen LogP contribution in [-0.4, -0.2) is 38.8 Å². The summed E-state index contributed by atoms with van der Waals surface area (Å²) < 4.78 is 34.4. The number of hydrogen-bond donors (Lipinski definition) is 1. The van der Waals surface area contributed by atoms with E-state index in [4.69, 9.17) is 14.6 Å². The summed E-state index contributed by atoms with van der Waals surface area (Å²) in [4.78, 5) is 11.8. The Morgan fingerprint density at radius 2 is 2.05 bits per heavy atom. The highest BCUT2D eigenvalue weighted by Gasteiger charge is 2.19. The van der Waals surface area contributed by atoms with Crippen LogP contribution in [0.25, 0.3) is 0 Å². The number of primary sulfonamides is 1. The maximum atomic E-state index is 11.9. The average molecular weight is 318 g/mol. The molecule has 0 atom stereocenters. The first kappa shape index (κ1) is 17.7. The minimum atomic E-state index is -3.84. The van der Waals surface area contributed by atoms with Crippen molar-refractivity contribution in [2.45, 2.75) is 32.2 Å². The van der Waals surface area contributed by atoms with Gasteiger partial charge in [-0.15, -0.1) is 0 Å². The molecule has 0 spiro atoms. The van der Waals surface area contributed by atoms with Gasteiger partial charge in [0.25, 0.3) is 0 Å². The Bertz CT molecular complexity index is 577. The number of esters is 1. The molecule has 0 aliphatic rings. The molecule has 1 aromatic heterocycles. The van der Waals surface area contributed by atoms with Crippen molar-refractivity contribution in [3.8, 4) is 0 Å². The summed E-state index contributed by atoms with van der Waals surface area (Å²) in [5.74, 6) is -0.185. The number of ether oxygens (including phenoxy) is 2. The lowest BCUT2D eigenvalue weighted by molar-refractivity contribution is 0.0268. The molecule has 0 saturated heterocycles. The second-order valence-corrected chi connectivity index (χ2v) is 6.56. The van der Waals surface area contributed by atoms with Gasteiger partial charge in [-0.05, 0) is 18.9 Å². The topological polar surface area (TPSA) is 101 Å². The van der Waals surface area contributed by atoms with Crippen LogP contribution in [0.3, 0.4) is 0 Å². The third-order valence-corrected chi connectivity index (χ3v) is 3.54. The molecule has 7 nitrogen and oxygen atoms in total. The number of carbonyl (C=O) groups is 1. The van der Waals surface area contributed by atoms with Crippen molar-refractivity contribution in [1.29, 1.82) is 0 Å². The van der Waals surface area contributed by atoms with Gasteiger partial charge in [-0.2, -0.15) is 0 Å². The molecule has 0 aliphatic carbocycles. The molecule has 0 aromatic carbocycles. The lowest BCUT2D eigenvalue weighted by Crippen LogP contribution is -2.15. The fourth-order valence-corrected chi connectivity index (χ4v) is 2.21. The number of rotatable bonds is 8. The first-order chi connectivity index (χ1) is 9.75. The van der Waals surface area contributed by atoms with Gasteiger partial charge in [0.05, 0.1) is 6.61 Å². The predicted octanol–water partition coefficient (Wildman–Crippen LogP) is 0.985. The number of aromatic nitrogens is 1. The third kappa shape index (κ3) is 5.49. The van der Waals surface area contributed by atoms with Crippen LogP contribution >= 0.6 is 0 Å². The standard InChI is InChI=1S/C13H22N2O5S/c1-4-15-8-11(21(14,17)18)7-12(15)13(16)20-6-5-19-9-10(2)3/h7-8,10H,4-6,9H2,1-3H3,(H2,14,17,18). The number of aryl methyl sites for hydroxylation is 1. The molecule has 21 heavy (non-hydrogen) atoms. The molecule has 1 aromatic rings. The molecule has 1 heterocycles. The molecular formula is C13H22N2O5S. The minimum absolute atomic E-state index is 0.104. The van der Waals surface area contributed by atoms with Crippen molar-refractivity contribution >= 4 is 16.0 Å². The zero-order valence-corrected chi connectivity index (χ0v) is 13.4. The summed E-state index contributed by atoms with van der Waals surface area (Å²) in [5.41, 5.74) is 0.158. The predicted molar refractivity (Wildman–Crippen MR) is 77.4 cm³/mol. The van der Waals surface area contributed by atoms with Gasteiger partial charge in [-0.25, -0.2) is 18.4 Å². The van der Waals surface area contributed by atoms with Crippen LogP contribution < -0.4 is 5.14 Å². The van der Waals surface area contributed by atoms with Crippen molar-refractivity contribution in [1.82, 2.24) is 4.57 Å². The van der Waals surface area contributed by atoms with E-state index in [-0.39, 0.29) is 17.2 Å². The van der Waals surface area contributed by atoms with Crippen molar-refractivity contribution in [2.75, 3.05) is 19.8 Å². The van der Waals surface area contributed by atoms with Gasteiger partial charge in [0.15, 0.2) is 0 Å². The molecule has 2 N–H and O–H groups in total. The van der Waals surface area contributed by atoms with Crippen LogP contribution in [0.15, 0.2) is 17.2 Å². The fourth-order valence-electron chi connectivity index (χ4n) is 1.66. The van der Waals surface area contributed by atoms with Gasteiger partial charge in [0.2, 0.25) is 10.0 Å². The van der Waals surface area contributed by atoms with E-state index in [9.17, 15) is 13.2 Å². The van der Waals surface area contributed by atoms with Gasteiger partial charge in [0, 0.05) is 19.3 Å². The van der Waals surface area contributed by atoms with E-state index in [1.165, 1.54) is 16.8 Å². The number of sulfonamides is 1. The third-order valence-electron chi connectivity index (χ3n) is 2.66. The molecule has 1 rings (SSSR count). The molecule has 0 unspecified atom stereocenters. The van der Waals surface area contributed by atoms with Crippen molar-refractivity contribution in [3.05, 3.63) is 18.0 Å². The van der Waals surface area contributed by atoms with Crippen LogP contribution in [0.4, 0.5) is 0 Å². The smallest absolute Gasteiger partial charge is 0.355 e. The van der Waals surface area contributed by atoms with E-state index in [2.05, 4.69) is 0 Å². The van der Waals surface area contributed by atoms with Crippen LogP contribution in [0, 0.1) is 5.92 Å². The lowest BCUT2D eigenvalue weighted by Gasteiger charge is -2.08. The molecule has 120 valence electrons. The summed E-state index contributed by atoms with van der Waals surface area (Å²) in [5, 5.41) is 5.05. The highest BCUT2D eigenvalue weighted by atomic mass is 32.2. The highest BCUT2D eigenvalue weighted by Crippen LogP contribution is 2.14. The van der Waals surface area contributed by atoms with E-state index in [1.807, 2.05) is 13.8 Å². The largest absolute Gasteiger partial charge is 0.459 e. The van der Waals surface area contributed by atoms with E-state index < -0.39 is 16.0 Å². The summed E-state index contributed by atoms with van der Waals surface area (Å²) >= 11 is 0. The van der Waals surface area contributed by atoms with Crippen LogP contribution in [0.2, 0.25) is 0 Å². The molecule has 0 bridgehead atoms. The Labute approximate surface area is 125 Å². The molecule has 0 aliphatic heterocycles. The maximum Gasteiger partial charge on any atom is 0.355 e. The Morgan fingerprint density at radius 1 is 1.38 bits per heavy atom.